The van der Waals surface area contributed by atoms with Crippen LogP contribution in [0.15, 0.2) is 16.7 Å². The molecule has 0 aromatic carbocycles. The van der Waals surface area contributed by atoms with Crippen molar-refractivity contribution in [1.29, 1.82) is 0 Å². The zero-order valence-electron chi connectivity index (χ0n) is 8.95. The number of aliphatic hydroxyl groups is 1. The van der Waals surface area contributed by atoms with Gasteiger partial charge in [-0.15, -0.1) is 0 Å². The molecule has 3 atom stereocenters. The largest absolute Gasteiger partial charge is 0.453 e. The van der Waals surface area contributed by atoms with Gasteiger partial charge in [-0.2, -0.15) is 0 Å². The third-order valence-corrected chi connectivity index (χ3v) is 3.70. The van der Waals surface area contributed by atoms with Gasteiger partial charge in [-0.3, -0.25) is 0 Å². The molecule has 0 amide bonds. The third-order valence-electron chi connectivity index (χ3n) is 3.39. The van der Waals surface area contributed by atoms with Crippen molar-refractivity contribution in [1.82, 2.24) is 0 Å². The summed E-state index contributed by atoms with van der Waals surface area (Å²) < 4.78 is 5.01. The molecule has 1 aromatic rings. The van der Waals surface area contributed by atoms with Crippen LogP contribution in [-0.4, -0.2) is 5.11 Å². The van der Waals surface area contributed by atoms with E-state index in [9.17, 15) is 5.11 Å². The first-order valence-corrected chi connectivity index (χ1v) is 5.97. The van der Waals surface area contributed by atoms with Crippen LogP contribution < -0.4 is 0 Å². The first-order valence-electron chi connectivity index (χ1n) is 5.59. The quantitative estimate of drug-likeness (QED) is 0.836. The minimum Gasteiger partial charge on any atom is -0.453 e. The summed E-state index contributed by atoms with van der Waals surface area (Å²) in [6.45, 7) is 2.25. The molecule has 1 heterocycles. The summed E-state index contributed by atoms with van der Waals surface area (Å²) in [6.07, 6.45) is 5.74. The molecule has 0 aliphatic heterocycles. The third kappa shape index (κ3) is 2.37. The van der Waals surface area contributed by atoms with Crippen LogP contribution >= 0.6 is 11.6 Å². The van der Waals surface area contributed by atoms with E-state index in [4.69, 9.17) is 16.0 Å². The molecule has 3 unspecified atom stereocenters. The Balaban J connectivity index is 2.07. The van der Waals surface area contributed by atoms with E-state index in [1.165, 1.54) is 19.1 Å². The van der Waals surface area contributed by atoms with Gasteiger partial charge in [0.1, 0.15) is 0 Å². The van der Waals surface area contributed by atoms with Crippen LogP contribution in [0.2, 0.25) is 5.22 Å². The van der Waals surface area contributed by atoms with Gasteiger partial charge in [0.15, 0.2) is 5.22 Å². The smallest absolute Gasteiger partial charge is 0.198 e. The fourth-order valence-corrected chi connectivity index (χ4v) is 2.76. The fraction of sp³-hybridized carbons (Fsp3) is 0.667. The fourth-order valence-electron chi connectivity index (χ4n) is 2.54. The molecule has 0 saturated heterocycles. The van der Waals surface area contributed by atoms with E-state index in [1.807, 2.05) is 0 Å². The Kier molecular flexibility index (Phi) is 3.37. The van der Waals surface area contributed by atoms with Crippen LogP contribution in [0, 0.1) is 11.8 Å². The summed E-state index contributed by atoms with van der Waals surface area (Å²) in [6, 6.07) is 1.77. The highest BCUT2D eigenvalue weighted by Crippen LogP contribution is 2.39. The normalized spacial score (nSPS) is 29.0. The van der Waals surface area contributed by atoms with Crippen LogP contribution in [0.25, 0.3) is 0 Å². The zero-order chi connectivity index (χ0) is 10.8. The average molecular weight is 229 g/mol. The van der Waals surface area contributed by atoms with E-state index in [-0.39, 0.29) is 0 Å². The zero-order valence-corrected chi connectivity index (χ0v) is 9.70. The Hall–Kier alpha value is -0.470. The molecule has 15 heavy (non-hydrogen) atoms. The second kappa shape index (κ2) is 4.58. The molecular weight excluding hydrogens is 212 g/mol. The molecule has 0 spiro atoms. The molecule has 1 saturated carbocycles. The summed E-state index contributed by atoms with van der Waals surface area (Å²) in [4.78, 5) is 0. The summed E-state index contributed by atoms with van der Waals surface area (Å²) in [5, 5.41) is 10.5. The lowest BCUT2D eigenvalue weighted by Gasteiger charge is -2.30. The highest BCUT2D eigenvalue weighted by Gasteiger charge is 2.28. The molecule has 1 N–H and O–H groups in total. The molecule has 1 aliphatic carbocycles. The number of hydrogen-bond donors (Lipinski definition) is 1. The van der Waals surface area contributed by atoms with Gasteiger partial charge in [-0.25, -0.2) is 0 Å². The Morgan fingerprint density at radius 2 is 2.33 bits per heavy atom. The summed E-state index contributed by atoms with van der Waals surface area (Å²) in [5.41, 5.74) is 0.746. The summed E-state index contributed by atoms with van der Waals surface area (Å²) in [7, 11) is 0. The van der Waals surface area contributed by atoms with Gasteiger partial charge in [0.05, 0.1) is 12.4 Å². The van der Waals surface area contributed by atoms with Gasteiger partial charge in [0, 0.05) is 5.56 Å². The van der Waals surface area contributed by atoms with E-state index >= 15 is 0 Å². The van der Waals surface area contributed by atoms with Crippen molar-refractivity contribution in [2.45, 2.75) is 38.7 Å². The lowest BCUT2D eigenvalue weighted by Crippen LogP contribution is -2.20. The molecule has 2 rings (SSSR count). The number of furan rings is 1. The van der Waals surface area contributed by atoms with Crippen molar-refractivity contribution < 1.29 is 9.52 Å². The first kappa shape index (κ1) is 11.0. The van der Waals surface area contributed by atoms with E-state index < -0.39 is 6.10 Å². The Morgan fingerprint density at radius 1 is 1.53 bits per heavy atom. The summed E-state index contributed by atoms with van der Waals surface area (Å²) in [5.74, 6) is 1.05. The van der Waals surface area contributed by atoms with Gasteiger partial charge in [0.2, 0.25) is 0 Å². The van der Waals surface area contributed by atoms with Crippen molar-refractivity contribution in [3.8, 4) is 0 Å². The topological polar surface area (TPSA) is 33.4 Å². The molecule has 0 bridgehead atoms. The molecule has 1 fully saturated rings. The molecule has 0 radical (unpaired) electrons. The van der Waals surface area contributed by atoms with Crippen LogP contribution in [0.1, 0.15) is 44.3 Å². The van der Waals surface area contributed by atoms with Crippen molar-refractivity contribution >= 4 is 11.6 Å². The van der Waals surface area contributed by atoms with Crippen molar-refractivity contribution in [2.75, 3.05) is 0 Å². The summed E-state index contributed by atoms with van der Waals surface area (Å²) >= 11 is 5.86. The molecule has 84 valence electrons. The van der Waals surface area contributed by atoms with E-state index in [1.54, 1.807) is 6.07 Å². The van der Waals surface area contributed by atoms with E-state index in [2.05, 4.69) is 6.92 Å². The van der Waals surface area contributed by atoms with Gasteiger partial charge in [-0.05, 0) is 42.3 Å². The standard InChI is InChI=1S/C12H17ClO2/c1-8-3-2-4-9(7-8)11(14)10-5-6-15-12(10)13/h5-6,8-9,11,14H,2-4,7H2,1H3. The Morgan fingerprint density at radius 3 is 2.93 bits per heavy atom. The Bertz CT molecular complexity index is 321. The number of aliphatic hydroxyl groups excluding tert-OH is 1. The minimum absolute atomic E-state index is 0.334. The second-order valence-corrected chi connectivity index (χ2v) is 4.97. The predicted molar refractivity (Wildman–Crippen MR) is 59.8 cm³/mol. The van der Waals surface area contributed by atoms with Crippen LogP contribution in [0.3, 0.4) is 0 Å². The molecule has 2 nitrogen and oxygen atoms in total. The predicted octanol–water partition coefficient (Wildman–Crippen LogP) is 3.79. The van der Waals surface area contributed by atoms with Crippen molar-refractivity contribution in [3.63, 3.8) is 0 Å². The van der Waals surface area contributed by atoms with Crippen molar-refractivity contribution in [3.05, 3.63) is 23.1 Å². The number of rotatable bonds is 2. The maximum absolute atomic E-state index is 10.2. The maximum atomic E-state index is 10.2. The van der Waals surface area contributed by atoms with E-state index in [0.717, 1.165) is 18.4 Å². The van der Waals surface area contributed by atoms with Gasteiger partial charge in [0.25, 0.3) is 0 Å². The monoisotopic (exact) mass is 228 g/mol. The first-order chi connectivity index (χ1) is 7.18. The minimum atomic E-state index is -0.459. The Labute approximate surface area is 95.2 Å². The van der Waals surface area contributed by atoms with Crippen LogP contribution in [0.5, 0.6) is 0 Å². The lowest BCUT2D eigenvalue weighted by molar-refractivity contribution is 0.0710. The van der Waals surface area contributed by atoms with Gasteiger partial charge in [-0.1, -0.05) is 19.8 Å². The van der Waals surface area contributed by atoms with Crippen LogP contribution in [-0.2, 0) is 0 Å². The van der Waals surface area contributed by atoms with Crippen molar-refractivity contribution in [2.24, 2.45) is 11.8 Å². The molecular formula is C12H17ClO2. The van der Waals surface area contributed by atoms with E-state index in [0.29, 0.717) is 17.1 Å². The molecule has 3 heteroatoms. The van der Waals surface area contributed by atoms with Crippen LogP contribution in [0.4, 0.5) is 0 Å². The highest BCUT2D eigenvalue weighted by molar-refractivity contribution is 6.29. The molecule has 1 aromatic heterocycles. The highest BCUT2D eigenvalue weighted by atomic mass is 35.5. The SMILES string of the molecule is CC1CCCC(C(O)c2ccoc2Cl)C1. The number of halogens is 1. The average Bonchev–Trinajstić information content (AvgIpc) is 2.63. The number of hydrogen-bond acceptors (Lipinski definition) is 2. The molecule has 1 aliphatic rings. The second-order valence-electron chi connectivity index (χ2n) is 4.63. The lowest BCUT2D eigenvalue weighted by atomic mass is 9.78. The van der Waals surface area contributed by atoms with Gasteiger partial charge < -0.3 is 9.52 Å². The van der Waals surface area contributed by atoms with Gasteiger partial charge >= 0.3 is 0 Å². The maximum Gasteiger partial charge on any atom is 0.198 e.